The summed E-state index contributed by atoms with van der Waals surface area (Å²) in [7, 11) is 0. The second-order valence-electron chi connectivity index (χ2n) is 14.3. The lowest BCUT2D eigenvalue weighted by Gasteiger charge is -2.45. The SMILES string of the molecule is Cc1ccc(C2=Cc3cc(F)ccc3[C@@]3(C[C@H](c4cc(C(C)(C)C)c(O)c(C(C)(C)C)c4)c4cc(C)ccc4O3)O2)cc1. The van der Waals surface area contributed by atoms with E-state index in [1.54, 1.807) is 12.1 Å². The molecule has 0 amide bonds. The number of fused-ring (bicyclic) bond motifs is 3. The van der Waals surface area contributed by atoms with E-state index < -0.39 is 5.79 Å². The van der Waals surface area contributed by atoms with Crippen molar-refractivity contribution in [2.45, 2.75) is 84.3 Å². The molecular weight excluding hydrogens is 535 g/mol. The largest absolute Gasteiger partial charge is 0.507 e. The fourth-order valence-electron chi connectivity index (χ4n) is 6.42. The Morgan fingerprint density at radius 2 is 1.40 bits per heavy atom. The van der Waals surface area contributed by atoms with Crippen LogP contribution in [0.25, 0.3) is 11.8 Å². The van der Waals surface area contributed by atoms with E-state index in [2.05, 4.69) is 91.8 Å². The minimum atomic E-state index is -1.19. The molecule has 0 saturated heterocycles. The van der Waals surface area contributed by atoms with Gasteiger partial charge in [0.05, 0.1) is 0 Å². The zero-order valence-electron chi connectivity index (χ0n) is 26.4. The molecular formula is C39H41FO3. The summed E-state index contributed by atoms with van der Waals surface area (Å²) in [5, 5.41) is 11.5. The zero-order valence-corrected chi connectivity index (χ0v) is 26.4. The lowest BCUT2D eigenvalue weighted by molar-refractivity contribution is -0.159. The van der Waals surface area contributed by atoms with Crippen molar-refractivity contribution in [1.29, 1.82) is 0 Å². The summed E-state index contributed by atoms with van der Waals surface area (Å²) in [5.74, 6) is 0.138. The summed E-state index contributed by atoms with van der Waals surface area (Å²) in [6.07, 6.45) is 2.39. The number of rotatable bonds is 2. The van der Waals surface area contributed by atoms with Crippen LogP contribution >= 0.6 is 0 Å². The number of hydrogen-bond acceptors (Lipinski definition) is 3. The quantitative estimate of drug-likeness (QED) is 0.258. The number of aromatic hydroxyl groups is 1. The first-order valence-electron chi connectivity index (χ1n) is 15.1. The van der Waals surface area contributed by atoms with Gasteiger partial charge >= 0.3 is 0 Å². The highest BCUT2D eigenvalue weighted by Gasteiger charge is 2.49. The summed E-state index contributed by atoms with van der Waals surface area (Å²) in [4.78, 5) is 0. The zero-order chi connectivity index (χ0) is 30.9. The third-order valence-corrected chi connectivity index (χ3v) is 8.76. The molecule has 0 fully saturated rings. The van der Waals surface area contributed by atoms with Crippen LogP contribution in [0.4, 0.5) is 4.39 Å². The van der Waals surface area contributed by atoms with Gasteiger partial charge in [0.2, 0.25) is 0 Å². The van der Waals surface area contributed by atoms with Crippen LogP contribution in [0.15, 0.2) is 72.8 Å². The van der Waals surface area contributed by atoms with Crippen molar-refractivity contribution in [3.63, 3.8) is 0 Å². The highest BCUT2D eigenvalue weighted by molar-refractivity contribution is 5.81. The predicted molar refractivity (Wildman–Crippen MR) is 172 cm³/mol. The molecule has 0 aromatic heterocycles. The van der Waals surface area contributed by atoms with Gasteiger partial charge in [-0.2, -0.15) is 0 Å². The van der Waals surface area contributed by atoms with Crippen molar-refractivity contribution in [1.82, 2.24) is 0 Å². The predicted octanol–water partition coefficient (Wildman–Crippen LogP) is 10.0. The Morgan fingerprint density at radius 3 is 2.02 bits per heavy atom. The van der Waals surface area contributed by atoms with Crippen LogP contribution in [0.1, 0.15) is 104 Å². The molecule has 4 aromatic rings. The third kappa shape index (κ3) is 5.22. The molecule has 2 aliphatic rings. The highest BCUT2D eigenvalue weighted by atomic mass is 19.1. The first-order valence-corrected chi connectivity index (χ1v) is 15.1. The van der Waals surface area contributed by atoms with Crippen LogP contribution < -0.4 is 4.74 Å². The molecule has 4 heteroatoms. The Kier molecular flexibility index (Phi) is 6.76. The maximum absolute atomic E-state index is 14.7. The normalized spacial score (nSPS) is 19.7. The second kappa shape index (κ2) is 10.0. The maximum Gasteiger partial charge on any atom is 0.279 e. The Balaban J connectivity index is 1.59. The molecule has 6 rings (SSSR count). The molecule has 1 spiro atoms. The van der Waals surface area contributed by atoms with Gasteiger partial charge in [0.1, 0.15) is 23.1 Å². The van der Waals surface area contributed by atoms with Crippen molar-refractivity contribution in [3.05, 3.63) is 129 Å². The van der Waals surface area contributed by atoms with E-state index in [1.165, 1.54) is 6.07 Å². The van der Waals surface area contributed by atoms with Gasteiger partial charge in [0.25, 0.3) is 5.79 Å². The smallest absolute Gasteiger partial charge is 0.279 e. The lowest BCUT2D eigenvalue weighted by Crippen LogP contribution is -2.43. The summed E-state index contributed by atoms with van der Waals surface area (Å²) in [5.41, 5.74) is 8.20. The van der Waals surface area contributed by atoms with Crippen molar-refractivity contribution in [3.8, 4) is 11.5 Å². The first kappa shape index (κ1) is 29.0. The fourth-order valence-corrected chi connectivity index (χ4v) is 6.42. The standard InChI is InChI=1S/C39H41FO3/c1-23-9-12-25(13-10-23)35-21-27-18-28(40)14-15-31(27)39(43-35)22-30(29-17-24(2)11-16-34(29)42-39)26-19-32(37(3,4)5)36(41)33(20-26)38(6,7)8/h9-21,30,41H,22H2,1-8H3/t30-,39-/m1/s1. The van der Waals surface area contributed by atoms with Gasteiger partial charge in [0, 0.05) is 29.0 Å². The van der Waals surface area contributed by atoms with Crippen LogP contribution in [-0.2, 0) is 21.4 Å². The Morgan fingerprint density at radius 1 is 0.767 bits per heavy atom. The molecule has 0 radical (unpaired) electrons. The molecule has 2 aliphatic heterocycles. The summed E-state index contributed by atoms with van der Waals surface area (Å²) in [6, 6.07) is 23.6. The molecule has 2 atom stereocenters. The van der Waals surface area contributed by atoms with E-state index in [9.17, 15) is 9.50 Å². The average Bonchev–Trinajstić information content (AvgIpc) is 2.92. The Labute approximate surface area is 255 Å². The van der Waals surface area contributed by atoms with E-state index in [0.717, 1.165) is 55.8 Å². The molecule has 2 heterocycles. The van der Waals surface area contributed by atoms with E-state index in [-0.39, 0.29) is 22.6 Å². The molecule has 0 saturated carbocycles. The summed E-state index contributed by atoms with van der Waals surface area (Å²) in [6.45, 7) is 16.9. The summed E-state index contributed by atoms with van der Waals surface area (Å²) >= 11 is 0. The number of phenols is 1. The van der Waals surface area contributed by atoms with Gasteiger partial charge in [-0.3, -0.25) is 0 Å². The molecule has 1 N–H and O–H groups in total. The van der Waals surface area contributed by atoms with Crippen molar-refractivity contribution in [2.24, 2.45) is 0 Å². The topological polar surface area (TPSA) is 38.7 Å². The van der Waals surface area contributed by atoms with E-state index in [1.807, 2.05) is 24.3 Å². The highest BCUT2D eigenvalue weighted by Crippen LogP contribution is 2.54. The van der Waals surface area contributed by atoms with Gasteiger partial charge in [-0.25, -0.2) is 4.39 Å². The van der Waals surface area contributed by atoms with Crippen molar-refractivity contribution in [2.75, 3.05) is 0 Å². The first-order chi connectivity index (χ1) is 20.1. The minimum absolute atomic E-state index is 0.110. The maximum atomic E-state index is 14.7. The van der Waals surface area contributed by atoms with Crippen molar-refractivity contribution < 1.29 is 19.0 Å². The minimum Gasteiger partial charge on any atom is -0.507 e. The van der Waals surface area contributed by atoms with Crippen molar-refractivity contribution >= 4 is 11.8 Å². The average molecular weight is 577 g/mol. The molecule has 3 nitrogen and oxygen atoms in total. The van der Waals surface area contributed by atoms with Gasteiger partial charge < -0.3 is 14.6 Å². The number of hydrogen-bond donors (Lipinski definition) is 1. The molecule has 4 aromatic carbocycles. The monoisotopic (exact) mass is 576 g/mol. The van der Waals surface area contributed by atoms with Crippen LogP contribution in [0.2, 0.25) is 0 Å². The molecule has 0 aliphatic carbocycles. The third-order valence-electron chi connectivity index (χ3n) is 8.76. The number of ether oxygens (including phenoxy) is 2. The molecule has 43 heavy (non-hydrogen) atoms. The number of halogens is 1. The Hall–Kier alpha value is -4.05. The van der Waals surface area contributed by atoms with E-state index >= 15 is 0 Å². The molecule has 222 valence electrons. The Bertz CT molecular complexity index is 1720. The molecule has 0 bridgehead atoms. The van der Waals surface area contributed by atoms with Gasteiger partial charge in [0.15, 0.2) is 0 Å². The van der Waals surface area contributed by atoms with E-state index in [0.29, 0.717) is 17.9 Å². The van der Waals surface area contributed by atoms with Crippen LogP contribution in [0, 0.1) is 19.7 Å². The number of phenolic OH excluding ortho intramolecular Hbond substituents is 1. The lowest BCUT2D eigenvalue weighted by atomic mass is 9.73. The van der Waals surface area contributed by atoms with Gasteiger partial charge in [-0.1, -0.05) is 101 Å². The second-order valence-corrected chi connectivity index (χ2v) is 14.3. The number of benzene rings is 4. The van der Waals surface area contributed by atoms with Crippen LogP contribution in [0.3, 0.4) is 0 Å². The van der Waals surface area contributed by atoms with Gasteiger partial charge in [-0.05, 0) is 77.3 Å². The van der Waals surface area contributed by atoms with E-state index in [4.69, 9.17) is 9.47 Å². The van der Waals surface area contributed by atoms with Crippen LogP contribution in [-0.4, -0.2) is 5.11 Å². The summed E-state index contributed by atoms with van der Waals surface area (Å²) < 4.78 is 28.5. The fraction of sp³-hybridized carbons (Fsp3) is 0.333. The molecule has 0 unspecified atom stereocenters. The number of aryl methyl sites for hydroxylation is 2. The van der Waals surface area contributed by atoms with Crippen LogP contribution in [0.5, 0.6) is 11.5 Å². The van der Waals surface area contributed by atoms with Gasteiger partial charge in [-0.15, -0.1) is 0 Å².